The summed E-state index contributed by atoms with van der Waals surface area (Å²) >= 11 is 0. The van der Waals surface area contributed by atoms with E-state index in [2.05, 4.69) is 5.32 Å². The van der Waals surface area contributed by atoms with Gasteiger partial charge in [0.2, 0.25) is 0 Å². The van der Waals surface area contributed by atoms with Crippen molar-refractivity contribution in [1.29, 1.82) is 0 Å². The van der Waals surface area contributed by atoms with Gasteiger partial charge in [-0.2, -0.15) is 13.2 Å². The molecule has 1 aromatic carbocycles. The minimum Gasteiger partial charge on any atom is -0.480 e. The van der Waals surface area contributed by atoms with Gasteiger partial charge in [-0.1, -0.05) is 12.1 Å². The van der Waals surface area contributed by atoms with Crippen molar-refractivity contribution in [1.82, 2.24) is 4.90 Å². The molecule has 8 heteroatoms. The van der Waals surface area contributed by atoms with Gasteiger partial charge in [0.15, 0.2) is 0 Å². The fourth-order valence-corrected chi connectivity index (χ4v) is 1.50. The molecule has 2 N–H and O–H groups in total. The van der Waals surface area contributed by atoms with Crippen LogP contribution in [0.25, 0.3) is 0 Å². The van der Waals surface area contributed by atoms with Crippen LogP contribution in [0.5, 0.6) is 0 Å². The first kappa shape index (κ1) is 15.8. The second kappa shape index (κ2) is 6.27. The number of nitrogens with one attached hydrogen (secondary N) is 1. The molecule has 0 bridgehead atoms. The average Bonchev–Trinajstić information content (AvgIpc) is 2.25. The number of carboxylic acids is 1. The maximum absolute atomic E-state index is 12.3. The molecule has 0 heterocycles. The van der Waals surface area contributed by atoms with Crippen molar-refractivity contribution < 1.29 is 27.9 Å². The van der Waals surface area contributed by atoms with Crippen molar-refractivity contribution in [3.63, 3.8) is 0 Å². The lowest BCUT2D eigenvalue weighted by Gasteiger charge is -2.22. The molecular formula is C12H13F3N2O3. The van der Waals surface area contributed by atoms with E-state index in [9.17, 15) is 22.8 Å². The summed E-state index contributed by atoms with van der Waals surface area (Å²) in [4.78, 5) is 22.4. The number of halogens is 3. The number of carbonyl (C=O) groups is 2. The van der Waals surface area contributed by atoms with Crippen molar-refractivity contribution in [2.45, 2.75) is 13.1 Å². The number of amides is 2. The predicted molar refractivity (Wildman–Crippen MR) is 65.5 cm³/mol. The van der Waals surface area contributed by atoms with Gasteiger partial charge in [-0.05, 0) is 24.6 Å². The molecule has 0 spiro atoms. The molecule has 0 aliphatic rings. The van der Waals surface area contributed by atoms with Crippen LogP contribution in [0.3, 0.4) is 0 Å². The van der Waals surface area contributed by atoms with E-state index < -0.39 is 31.3 Å². The number of nitrogens with zero attached hydrogens (tertiary/aromatic N) is 1. The number of anilines is 1. The van der Waals surface area contributed by atoms with Gasteiger partial charge in [0.1, 0.15) is 13.1 Å². The van der Waals surface area contributed by atoms with Gasteiger partial charge in [0.05, 0.1) is 0 Å². The first-order valence-electron chi connectivity index (χ1n) is 5.58. The molecule has 20 heavy (non-hydrogen) atoms. The average molecular weight is 290 g/mol. The van der Waals surface area contributed by atoms with Gasteiger partial charge < -0.3 is 15.3 Å². The maximum Gasteiger partial charge on any atom is 0.406 e. The highest BCUT2D eigenvalue weighted by atomic mass is 19.4. The number of aryl methyl sites for hydroxylation is 1. The summed E-state index contributed by atoms with van der Waals surface area (Å²) in [5.74, 6) is -1.52. The lowest BCUT2D eigenvalue weighted by atomic mass is 10.2. The van der Waals surface area contributed by atoms with Crippen molar-refractivity contribution in [2.75, 3.05) is 18.4 Å². The van der Waals surface area contributed by atoms with Crippen LogP contribution in [0.1, 0.15) is 5.56 Å². The van der Waals surface area contributed by atoms with Crippen molar-refractivity contribution >= 4 is 17.7 Å². The summed E-state index contributed by atoms with van der Waals surface area (Å²) in [7, 11) is 0. The highest BCUT2D eigenvalue weighted by Gasteiger charge is 2.34. The number of alkyl halides is 3. The lowest BCUT2D eigenvalue weighted by molar-refractivity contribution is -0.148. The number of urea groups is 1. The largest absolute Gasteiger partial charge is 0.480 e. The van der Waals surface area contributed by atoms with Crippen LogP contribution in [0.2, 0.25) is 0 Å². The Bertz CT molecular complexity index is 503. The van der Waals surface area contributed by atoms with Crippen LogP contribution in [0.4, 0.5) is 23.7 Å². The third-order valence-corrected chi connectivity index (χ3v) is 2.25. The van der Waals surface area contributed by atoms with E-state index in [4.69, 9.17) is 5.11 Å². The van der Waals surface area contributed by atoms with Crippen molar-refractivity contribution in [3.05, 3.63) is 29.8 Å². The second-order valence-corrected chi connectivity index (χ2v) is 4.16. The minimum atomic E-state index is -4.67. The summed E-state index contributed by atoms with van der Waals surface area (Å²) in [6.45, 7) is -0.908. The van der Waals surface area contributed by atoms with Crippen LogP contribution in [0, 0.1) is 6.92 Å². The van der Waals surface area contributed by atoms with E-state index in [0.29, 0.717) is 5.69 Å². The molecule has 0 aliphatic heterocycles. The smallest absolute Gasteiger partial charge is 0.406 e. The molecule has 110 valence electrons. The highest BCUT2D eigenvalue weighted by Crippen LogP contribution is 2.17. The Morgan fingerprint density at radius 3 is 2.50 bits per heavy atom. The first-order chi connectivity index (χ1) is 9.17. The van der Waals surface area contributed by atoms with Crippen LogP contribution >= 0.6 is 0 Å². The standard InChI is InChI=1S/C12H13F3N2O3/c1-8-3-2-4-9(5-8)16-11(20)17(6-10(18)19)7-12(13,14)15/h2-5H,6-7H2,1H3,(H,16,20)(H,18,19). The van der Waals surface area contributed by atoms with Crippen LogP contribution in [0.15, 0.2) is 24.3 Å². The molecule has 0 fully saturated rings. The normalized spacial score (nSPS) is 11.0. The molecule has 0 saturated carbocycles. The summed E-state index contributed by atoms with van der Waals surface area (Å²) in [6.07, 6.45) is -4.67. The summed E-state index contributed by atoms with van der Waals surface area (Å²) in [6, 6.07) is 5.31. The van der Waals surface area contributed by atoms with Crippen LogP contribution < -0.4 is 5.32 Å². The summed E-state index contributed by atoms with van der Waals surface area (Å²) in [5.41, 5.74) is 1.11. The maximum atomic E-state index is 12.3. The quantitative estimate of drug-likeness (QED) is 0.895. The number of hydrogen-bond acceptors (Lipinski definition) is 2. The van der Waals surface area contributed by atoms with E-state index in [1.807, 2.05) is 0 Å². The molecule has 1 rings (SSSR count). The van der Waals surface area contributed by atoms with Gasteiger partial charge >= 0.3 is 18.2 Å². The van der Waals surface area contributed by atoms with Gasteiger partial charge in [-0.3, -0.25) is 4.79 Å². The van der Waals surface area contributed by atoms with Crippen LogP contribution in [-0.2, 0) is 4.79 Å². The lowest BCUT2D eigenvalue weighted by Crippen LogP contribution is -2.44. The van der Waals surface area contributed by atoms with E-state index in [0.717, 1.165) is 5.56 Å². The topological polar surface area (TPSA) is 69.6 Å². The van der Waals surface area contributed by atoms with Crippen LogP contribution in [-0.4, -0.2) is 41.3 Å². The Hall–Kier alpha value is -2.25. The molecule has 0 radical (unpaired) electrons. The summed E-state index contributed by atoms with van der Waals surface area (Å²) < 4.78 is 36.9. The fourth-order valence-electron chi connectivity index (χ4n) is 1.50. The molecule has 1 aromatic rings. The molecule has 5 nitrogen and oxygen atoms in total. The Morgan fingerprint density at radius 2 is 2.00 bits per heavy atom. The van der Waals surface area contributed by atoms with Crippen molar-refractivity contribution in [3.8, 4) is 0 Å². The fraction of sp³-hybridized carbons (Fsp3) is 0.333. The Kier molecular flexibility index (Phi) is 4.95. The molecule has 0 aliphatic carbocycles. The minimum absolute atomic E-state index is 0.185. The van der Waals surface area contributed by atoms with E-state index in [1.165, 1.54) is 6.07 Å². The number of rotatable bonds is 4. The number of carbonyl (C=O) groups excluding carboxylic acids is 1. The summed E-state index contributed by atoms with van der Waals surface area (Å²) in [5, 5.41) is 10.8. The molecule has 0 aromatic heterocycles. The zero-order valence-corrected chi connectivity index (χ0v) is 10.6. The Balaban J connectivity index is 2.79. The zero-order chi connectivity index (χ0) is 15.3. The van der Waals surface area contributed by atoms with Gasteiger partial charge in [-0.15, -0.1) is 0 Å². The Labute approximate surface area is 113 Å². The Morgan fingerprint density at radius 1 is 1.35 bits per heavy atom. The number of carboxylic acid groups (broad SMARTS) is 1. The van der Waals surface area contributed by atoms with Gasteiger partial charge in [-0.25, -0.2) is 4.79 Å². The third-order valence-electron chi connectivity index (χ3n) is 2.25. The molecule has 0 unspecified atom stereocenters. The molecule has 0 saturated heterocycles. The second-order valence-electron chi connectivity index (χ2n) is 4.16. The number of benzene rings is 1. The SMILES string of the molecule is Cc1cccc(NC(=O)N(CC(=O)O)CC(F)(F)F)c1. The van der Waals surface area contributed by atoms with Gasteiger partial charge in [0, 0.05) is 5.69 Å². The van der Waals surface area contributed by atoms with Crippen molar-refractivity contribution in [2.24, 2.45) is 0 Å². The number of hydrogen-bond donors (Lipinski definition) is 2. The highest BCUT2D eigenvalue weighted by molar-refractivity contribution is 5.91. The first-order valence-corrected chi connectivity index (χ1v) is 5.58. The van der Waals surface area contributed by atoms with E-state index >= 15 is 0 Å². The monoisotopic (exact) mass is 290 g/mol. The zero-order valence-electron chi connectivity index (χ0n) is 10.6. The molecule has 2 amide bonds. The van der Waals surface area contributed by atoms with Gasteiger partial charge in [0.25, 0.3) is 0 Å². The van der Waals surface area contributed by atoms with E-state index in [-0.39, 0.29) is 4.90 Å². The van der Waals surface area contributed by atoms with E-state index in [1.54, 1.807) is 25.1 Å². The molecular weight excluding hydrogens is 277 g/mol. The third kappa shape index (κ3) is 5.59. The number of aliphatic carboxylic acids is 1. The predicted octanol–water partition coefficient (Wildman–Crippen LogP) is 2.48. The molecule has 0 atom stereocenters.